The first-order chi connectivity index (χ1) is 14.8. The third kappa shape index (κ3) is 4.80. The molecule has 1 aromatic carbocycles. The van der Waals surface area contributed by atoms with Crippen molar-refractivity contribution in [2.75, 3.05) is 0 Å². The maximum atomic E-state index is 12.3. The summed E-state index contributed by atoms with van der Waals surface area (Å²) in [5, 5.41) is 4.50. The van der Waals surface area contributed by atoms with Crippen LogP contribution in [0.5, 0.6) is 5.75 Å². The molecule has 7 nitrogen and oxygen atoms in total. The molecule has 0 unspecified atom stereocenters. The number of hydrogen-bond acceptors (Lipinski definition) is 6. The van der Waals surface area contributed by atoms with Crippen LogP contribution in [0.15, 0.2) is 59.3 Å². The third-order valence-corrected chi connectivity index (χ3v) is 4.39. The molecule has 0 N–H and O–H groups in total. The van der Waals surface area contributed by atoms with Gasteiger partial charge in [-0.05, 0) is 48.9 Å². The van der Waals surface area contributed by atoms with Crippen LogP contribution >= 0.6 is 0 Å². The highest BCUT2D eigenvalue weighted by molar-refractivity contribution is 5.71. The Hall–Kier alpha value is -3.95. The number of carbonyl (C=O) groups excluding carboxylic acids is 1. The second-order valence-corrected chi connectivity index (χ2v) is 6.65. The maximum absolute atomic E-state index is 12.3. The zero-order chi connectivity index (χ0) is 22.0. The lowest BCUT2D eigenvalue weighted by Crippen LogP contribution is -2.16. The number of benzene rings is 1. The molecule has 0 amide bonds. The van der Waals surface area contributed by atoms with Crippen LogP contribution in [0.2, 0.25) is 0 Å². The third-order valence-electron chi connectivity index (χ3n) is 4.39. The molecule has 10 heteroatoms. The second kappa shape index (κ2) is 8.05. The van der Waals surface area contributed by atoms with Crippen LogP contribution in [0.25, 0.3) is 22.8 Å². The molecule has 0 saturated carbocycles. The van der Waals surface area contributed by atoms with Crippen LogP contribution in [-0.2, 0) is 6.54 Å². The van der Waals surface area contributed by atoms with Gasteiger partial charge in [0.2, 0.25) is 5.89 Å². The van der Waals surface area contributed by atoms with Gasteiger partial charge in [-0.1, -0.05) is 6.07 Å². The molecule has 0 fully saturated rings. The Bertz CT molecular complexity index is 1200. The molecular weight excluding hydrogens is 413 g/mol. The molecule has 4 aromatic rings. The first-order valence-electron chi connectivity index (χ1n) is 9.07. The Morgan fingerprint density at radius 2 is 1.90 bits per heavy atom. The average Bonchev–Trinajstić information content (AvgIpc) is 3.35. The summed E-state index contributed by atoms with van der Waals surface area (Å²) in [5.41, 5.74) is 3.63. The Morgan fingerprint density at radius 1 is 1.13 bits per heavy atom. The SMILES string of the molecule is Cc1cc(-c2nc(-c3ccc(OC(F)(F)F)cc3)co2)nn1Cc1ccc(C=O)nc1. The Kier molecular flexibility index (Phi) is 5.28. The van der Waals surface area contributed by atoms with Crippen LogP contribution < -0.4 is 4.74 Å². The van der Waals surface area contributed by atoms with E-state index in [9.17, 15) is 18.0 Å². The van der Waals surface area contributed by atoms with Crippen molar-refractivity contribution in [3.63, 3.8) is 0 Å². The highest BCUT2D eigenvalue weighted by atomic mass is 19.4. The Morgan fingerprint density at radius 3 is 2.55 bits per heavy atom. The molecule has 0 aliphatic rings. The van der Waals surface area contributed by atoms with Crippen molar-refractivity contribution >= 4 is 6.29 Å². The molecule has 3 heterocycles. The summed E-state index contributed by atoms with van der Waals surface area (Å²) in [5.74, 6) is -0.0353. The maximum Gasteiger partial charge on any atom is 0.573 e. The highest BCUT2D eigenvalue weighted by Crippen LogP contribution is 2.28. The second-order valence-electron chi connectivity index (χ2n) is 6.65. The van der Waals surface area contributed by atoms with Crippen molar-refractivity contribution in [1.29, 1.82) is 0 Å². The van der Waals surface area contributed by atoms with E-state index in [0.717, 1.165) is 11.3 Å². The van der Waals surface area contributed by atoms with Crippen molar-refractivity contribution in [2.45, 2.75) is 19.8 Å². The minimum Gasteiger partial charge on any atom is -0.443 e. The molecule has 0 atom stereocenters. The number of oxazole rings is 1. The van der Waals surface area contributed by atoms with Crippen LogP contribution in [0, 0.1) is 6.92 Å². The average molecular weight is 428 g/mol. The van der Waals surface area contributed by atoms with E-state index in [1.165, 1.54) is 30.5 Å². The van der Waals surface area contributed by atoms with Crippen molar-refractivity contribution in [3.05, 3.63) is 71.9 Å². The zero-order valence-electron chi connectivity index (χ0n) is 16.1. The number of aldehydes is 1. The largest absolute Gasteiger partial charge is 0.573 e. The Balaban J connectivity index is 1.51. The van der Waals surface area contributed by atoms with Gasteiger partial charge in [-0.2, -0.15) is 5.10 Å². The summed E-state index contributed by atoms with van der Waals surface area (Å²) < 4.78 is 48.0. The first kappa shape index (κ1) is 20.3. The molecule has 0 aliphatic heterocycles. The summed E-state index contributed by atoms with van der Waals surface area (Å²) in [4.78, 5) is 19.1. The summed E-state index contributed by atoms with van der Waals surface area (Å²) in [6.07, 6.45) is -1.05. The number of pyridine rings is 1. The number of ether oxygens (including phenoxy) is 1. The van der Waals surface area contributed by atoms with Gasteiger partial charge in [-0.3, -0.25) is 14.5 Å². The minimum absolute atomic E-state index is 0.280. The van der Waals surface area contributed by atoms with Gasteiger partial charge in [0.25, 0.3) is 0 Å². The quantitative estimate of drug-likeness (QED) is 0.415. The fourth-order valence-corrected chi connectivity index (χ4v) is 2.90. The molecule has 0 saturated heterocycles. The lowest BCUT2D eigenvalue weighted by molar-refractivity contribution is -0.274. The van der Waals surface area contributed by atoms with Crippen LogP contribution in [0.3, 0.4) is 0 Å². The van der Waals surface area contributed by atoms with E-state index < -0.39 is 6.36 Å². The van der Waals surface area contributed by atoms with Gasteiger partial charge in [-0.15, -0.1) is 13.2 Å². The van der Waals surface area contributed by atoms with Crippen LogP contribution in [0.4, 0.5) is 13.2 Å². The lowest BCUT2D eigenvalue weighted by Gasteiger charge is -2.08. The number of nitrogens with zero attached hydrogens (tertiary/aromatic N) is 4. The van der Waals surface area contributed by atoms with E-state index in [4.69, 9.17) is 4.42 Å². The minimum atomic E-state index is -4.74. The predicted molar refractivity (Wildman–Crippen MR) is 103 cm³/mol. The fraction of sp³-hybridized carbons (Fsp3) is 0.143. The van der Waals surface area contributed by atoms with Crippen molar-refractivity contribution in [2.24, 2.45) is 0 Å². The summed E-state index contributed by atoms with van der Waals surface area (Å²) in [6.45, 7) is 2.33. The molecule has 3 aromatic heterocycles. The van der Waals surface area contributed by atoms with Gasteiger partial charge in [0.15, 0.2) is 6.29 Å². The van der Waals surface area contributed by atoms with Gasteiger partial charge in [0, 0.05) is 17.5 Å². The standard InChI is InChI=1S/C21H15F3N4O3/c1-13-8-18(27-28(13)10-14-2-5-16(11-29)25-9-14)20-26-19(12-30-20)15-3-6-17(7-4-15)31-21(22,23)24/h2-9,11-12H,10H2,1H3. The number of alkyl halides is 3. The number of aromatic nitrogens is 4. The van der Waals surface area contributed by atoms with Crippen molar-refractivity contribution in [3.8, 4) is 28.6 Å². The van der Waals surface area contributed by atoms with Gasteiger partial charge in [0.05, 0.1) is 6.54 Å². The summed E-state index contributed by atoms with van der Waals surface area (Å²) in [7, 11) is 0. The van der Waals surface area contributed by atoms with E-state index in [1.807, 2.05) is 13.0 Å². The lowest BCUT2D eigenvalue weighted by atomic mass is 10.2. The van der Waals surface area contributed by atoms with E-state index in [2.05, 4.69) is 19.8 Å². The Labute approximate surface area is 174 Å². The van der Waals surface area contributed by atoms with Crippen molar-refractivity contribution < 1.29 is 27.1 Å². The fourth-order valence-electron chi connectivity index (χ4n) is 2.90. The van der Waals surface area contributed by atoms with Crippen LogP contribution in [0.1, 0.15) is 21.7 Å². The first-order valence-corrected chi connectivity index (χ1v) is 9.07. The number of hydrogen-bond donors (Lipinski definition) is 0. The summed E-state index contributed by atoms with van der Waals surface area (Å²) in [6, 6.07) is 10.6. The van der Waals surface area contributed by atoms with Crippen LogP contribution in [-0.4, -0.2) is 32.4 Å². The van der Waals surface area contributed by atoms with Crippen molar-refractivity contribution in [1.82, 2.24) is 19.7 Å². The van der Waals surface area contributed by atoms with E-state index in [-0.39, 0.29) is 11.6 Å². The van der Waals surface area contributed by atoms with E-state index >= 15 is 0 Å². The van der Waals surface area contributed by atoms with E-state index in [0.29, 0.717) is 35.5 Å². The summed E-state index contributed by atoms with van der Waals surface area (Å²) >= 11 is 0. The molecular formula is C21H15F3N4O3. The normalized spacial score (nSPS) is 11.5. The van der Waals surface area contributed by atoms with Gasteiger partial charge in [-0.25, -0.2) is 4.98 Å². The zero-order valence-corrected chi connectivity index (χ0v) is 16.1. The van der Waals surface area contributed by atoms with Gasteiger partial charge in [0.1, 0.15) is 29.1 Å². The molecule has 0 aliphatic carbocycles. The topological polar surface area (TPSA) is 83.0 Å². The number of aryl methyl sites for hydroxylation is 1. The number of rotatable bonds is 6. The number of carbonyl (C=O) groups is 1. The number of halogens is 3. The molecule has 158 valence electrons. The monoisotopic (exact) mass is 428 g/mol. The smallest absolute Gasteiger partial charge is 0.443 e. The molecule has 0 radical (unpaired) electrons. The molecule has 0 bridgehead atoms. The van der Waals surface area contributed by atoms with Gasteiger partial charge >= 0.3 is 6.36 Å². The van der Waals surface area contributed by atoms with Gasteiger partial charge < -0.3 is 9.15 Å². The van der Waals surface area contributed by atoms with E-state index in [1.54, 1.807) is 23.0 Å². The molecule has 0 spiro atoms. The highest BCUT2D eigenvalue weighted by Gasteiger charge is 2.31. The molecule has 31 heavy (non-hydrogen) atoms. The predicted octanol–water partition coefficient (Wildman–Crippen LogP) is 4.67. The molecule has 4 rings (SSSR count).